The number of carbonyl (C=O) groups excluding carboxylic acids is 2. The second kappa shape index (κ2) is 6.72. The molecule has 0 spiro atoms. The molecule has 3 N–H and O–H groups in total. The molecule has 2 amide bonds. The molecular formula is C18H16N4O3S. The van der Waals surface area contributed by atoms with Crippen molar-refractivity contribution in [3.05, 3.63) is 46.6 Å². The number of amides is 2. The lowest BCUT2D eigenvalue weighted by Gasteiger charge is -2.08. The first-order chi connectivity index (χ1) is 12.6. The molecule has 2 aromatic heterocycles. The third-order valence-corrected chi connectivity index (χ3v) is 5.47. The van der Waals surface area contributed by atoms with Gasteiger partial charge in [0.1, 0.15) is 11.3 Å². The third kappa shape index (κ3) is 2.99. The van der Waals surface area contributed by atoms with Crippen molar-refractivity contribution in [1.29, 1.82) is 0 Å². The van der Waals surface area contributed by atoms with Crippen LogP contribution in [-0.4, -0.2) is 28.4 Å². The lowest BCUT2D eigenvalue weighted by Crippen LogP contribution is -2.22. The van der Waals surface area contributed by atoms with Crippen LogP contribution in [0.1, 0.15) is 27.2 Å². The number of nitrogens with two attached hydrogens (primary N) is 1. The molecule has 0 atom stereocenters. The second-order valence-corrected chi connectivity index (χ2v) is 7.06. The van der Waals surface area contributed by atoms with Crippen molar-refractivity contribution in [2.75, 3.05) is 11.9 Å². The van der Waals surface area contributed by atoms with E-state index in [-0.39, 0.29) is 12.5 Å². The number of aryl methyl sites for hydroxylation is 1. The Bertz CT molecular complexity index is 1010. The topological polar surface area (TPSA) is 107 Å². The normalized spacial score (nSPS) is 12.8. The molecule has 132 valence electrons. The Morgan fingerprint density at radius 2 is 2.08 bits per heavy atom. The summed E-state index contributed by atoms with van der Waals surface area (Å²) < 4.78 is 5.56. The number of rotatable bonds is 5. The second-order valence-electron chi connectivity index (χ2n) is 5.96. The fourth-order valence-electron chi connectivity index (χ4n) is 3.14. The van der Waals surface area contributed by atoms with E-state index in [1.165, 1.54) is 17.7 Å². The number of thiophene rings is 1. The molecule has 0 unspecified atom stereocenters. The Morgan fingerprint density at radius 1 is 1.23 bits per heavy atom. The summed E-state index contributed by atoms with van der Waals surface area (Å²) in [5.74, 6) is -0.535. The van der Waals surface area contributed by atoms with E-state index >= 15 is 0 Å². The molecule has 2 heterocycles. The zero-order valence-corrected chi connectivity index (χ0v) is 14.6. The molecule has 8 heteroatoms. The molecule has 1 aromatic carbocycles. The smallest absolute Gasteiger partial charge is 0.262 e. The van der Waals surface area contributed by atoms with Crippen LogP contribution in [-0.2, 0) is 17.6 Å². The number of anilines is 1. The van der Waals surface area contributed by atoms with Crippen LogP contribution in [0.3, 0.4) is 0 Å². The van der Waals surface area contributed by atoms with E-state index in [4.69, 9.17) is 10.5 Å². The summed E-state index contributed by atoms with van der Waals surface area (Å²) in [4.78, 5) is 33.4. The minimum absolute atomic E-state index is 0.220. The first-order valence-electron chi connectivity index (χ1n) is 8.20. The van der Waals surface area contributed by atoms with Gasteiger partial charge >= 0.3 is 0 Å². The number of ether oxygens (including phenoxy) is 1. The number of nitrogens with one attached hydrogen (secondary N) is 1. The van der Waals surface area contributed by atoms with Crippen LogP contribution in [0.2, 0.25) is 0 Å². The summed E-state index contributed by atoms with van der Waals surface area (Å²) in [6.45, 7) is -0.220. The molecule has 1 aliphatic carbocycles. The number of hydrogen-bond acceptors (Lipinski definition) is 6. The average Bonchev–Trinajstić information content (AvgIpc) is 3.20. The van der Waals surface area contributed by atoms with E-state index in [1.54, 1.807) is 0 Å². The lowest BCUT2D eigenvalue weighted by molar-refractivity contribution is -0.118. The van der Waals surface area contributed by atoms with E-state index in [9.17, 15) is 9.59 Å². The maximum atomic E-state index is 12.3. The first-order valence-corrected chi connectivity index (χ1v) is 9.02. The minimum Gasteiger partial charge on any atom is -0.467 e. The van der Waals surface area contributed by atoms with E-state index in [2.05, 4.69) is 15.3 Å². The van der Waals surface area contributed by atoms with Crippen molar-refractivity contribution in [1.82, 2.24) is 9.97 Å². The Balaban J connectivity index is 1.49. The van der Waals surface area contributed by atoms with Gasteiger partial charge in [0.2, 0.25) is 5.88 Å². The summed E-state index contributed by atoms with van der Waals surface area (Å²) >= 11 is 1.42. The van der Waals surface area contributed by atoms with E-state index in [0.29, 0.717) is 16.4 Å². The van der Waals surface area contributed by atoms with E-state index in [1.807, 2.05) is 24.3 Å². The van der Waals surface area contributed by atoms with Crippen molar-refractivity contribution in [2.24, 2.45) is 5.73 Å². The molecule has 0 saturated carbocycles. The Hall–Kier alpha value is -3.00. The van der Waals surface area contributed by atoms with Gasteiger partial charge in [0.05, 0.1) is 16.5 Å². The van der Waals surface area contributed by atoms with Crippen molar-refractivity contribution in [2.45, 2.75) is 19.3 Å². The Kier molecular flexibility index (Phi) is 4.26. The van der Waals surface area contributed by atoms with Gasteiger partial charge in [0, 0.05) is 4.88 Å². The fraction of sp³-hybridized carbons (Fsp3) is 0.222. The third-order valence-electron chi connectivity index (χ3n) is 4.27. The maximum Gasteiger partial charge on any atom is 0.262 e. The van der Waals surface area contributed by atoms with Crippen LogP contribution >= 0.6 is 11.3 Å². The average molecular weight is 368 g/mol. The first kappa shape index (κ1) is 16.5. The zero-order valence-electron chi connectivity index (χ0n) is 13.8. The molecule has 1 aliphatic rings. The van der Waals surface area contributed by atoms with Gasteiger partial charge in [-0.2, -0.15) is 0 Å². The van der Waals surface area contributed by atoms with Crippen LogP contribution < -0.4 is 15.8 Å². The number of para-hydroxylation sites is 1. The lowest BCUT2D eigenvalue weighted by atomic mass is 10.1. The van der Waals surface area contributed by atoms with Crippen LogP contribution in [0.5, 0.6) is 5.88 Å². The van der Waals surface area contributed by atoms with Gasteiger partial charge in [-0.15, -0.1) is 11.3 Å². The monoisotopic (exact) mass is 368 g/mol. The highest BCUT2D eigenvalue weighted by Gasteiger charge is 2.26. The maximum absolute atomic E-state index is 12.3. The highest BCUT2D eigenvalue weighted by atomic mass is 32.1. The van der Waals surface area contributed by atoms with Crippen molar-refractivity contribution < 1.29 is 14.3 Å². The molecule has 4 rings (SSSR count). The number of hydrogen-bond donors (Lipinski definition) is 2. The molecular weight excluding hydrogens is 352 g/mol. The van der Waals surface area contributed by atoms with Gasteiger partial charge in [0.15, 0.2) is 6.61 Å². The molecule has 26 heavy (non-hydrogen) atoms. The molecule has 0 saturated heterocycles. The van der Waals surface area contributed by atoms with Crippen LogP contribution in [0, 0.1) is 0 Å². The summed E-state index contributed by atoms with van der Waals surface area (Å²) in [7, 11) is 0. The molecule has 0 fully saturated rings. The Morgan fingerprint density at radius 3 is 2.92 bits per heavy atom. The van der Waals surface area contributed by atoms with Gasteiger partial charge < -0.3 is 15.8 Å². The number of primary amides is 1. The number of fused-ring (bicyclic) bond motifs is 2. The number of carbonyl (C=O) groups is 2. The number of benzene rings is 1. The van der Waals surface area contributed by atoms with Gasteiger partial charge in [0.25, 0.3) is 11.8 Å². The highest BCUT2D eigenvalue weighted by Crippen LogP contribution is 2.38. The molecule has 3 aromatic rings. The fourth-order valence-corrected chi connectivity index (χ4v) is 4.46. The van der Waals surface area contributed by atoms with Crippen molar-refractivity contribution in [3.63, 3.8) is 0 Å². The summed E-state index contributed by atoms with van der Waals surface area (Å²) in [5, 5.41) is 3.99. The highest BCUT2D eigenvalue weighted by molar-refractivity contribution is 7.17. The molecule has 0 radical (unpaired) electrons. The van der Waals surface area contributed by atoms with Gasteiger partial charge in [-0.3, -0.25) is 9.59 Å². The standard InChI is InChI=1S/C18H16N4O3S/c19-16(24)15-11-5-3-7-13(11)26-18(15)22-14(23)8-25-17-10-4-1-2-6-12(10)20-9-21-17/h1-2,4,6,9H,3,5,7-8H2,(H2,19,24)(H,22,23). The summed E-state index contributed by atoms with van der Waals surface area (Å²) in [6.07, 6.45) is 4.15. The zero-order chi connectivity index (χ0) is 18.1. The van der Waals surface area contributed by atoms with Crippen LogP contribution in [0.4, 0.5) is 5.00 Å². The molecule has 7 nitrogen and oxygen atoms in total. The van der Waals surface area contributed by atoms with Gasteiger partial charge in [-0.25, -0.2) is 9.97 Å². The predicted molar refractivity (Wildman–Crippen MR) is 98.5 cm³/mol. The van der Waals surface area contributed by atoms with Crippen LogP contribution in [0.15, 0.2) is 30.6 Å². The quantitative estimate of drug-likeness (QED) is 0.718. The SMILES string of the molecule is NC(=O)c1c(NC(=O)COc2ncnc3ccccc23)sc2c1CCC2. The Labute approximate surface area is 153 Å². The van der Waals surface area contributed by atoms with E-state index in [0.717, 1.165) is 40.6 Å². The molecule has 0 aliphatic heterocycles. The van der Waals surface area contributed by atoms with Crippen molar-refractivity contribution >= 4 is 39.1 Å². The van der Waals surface area contributed by atoms with Gasteiger partial charge in [-0.1, -0.05) is 12.1 Å². The van der Waals surface area contributed by atoms with Crippen molar-refractivity contribution in [3.8, 4) is 5.88 Å². The largest absolute Gasteiger partial charge is 0.467 e. The minimum atomic E-state index is -0.512. The number of aromatic nitrogens is 2. The van der Waals surface area contributed by atoms with Crippen LogP contribution in [0.25, 0.3) is 10.9 Å². The van der Waals surface area contributed by atoms with Gasteiger partial charge in [-0.05, 0) is 37.0 Å². The summed E-state index contributed by atoms with van der Waals surface area (Å²) in [6, 6.07) is 7.39. The summed E-state index contributed by atoms with van der Waals surface area (Å²) in [5.41, 5.74) is 7.65. The van der Waals surface area contributed by atoms with E-state index < -0.39 is 5.91 Å². The number of nitrogens with zero attached hydrogens (tertiary/aromatic N) is 2. The molecule has 0 bridgehead atoms. The predicted octanol–water partition coefficient (Wildman–Crippen LogP) is 2.30.